The van der Waals surface area contributed by atoms with Crippen LogP contribution in [0.25, 0.3) is 0 Å². The maximum absolute atomic E-state index is 12.1. The van der Waals surface area contributed by atoms with Crippen LogP contribution in [0.3, 0.4) is 0 Å². The van der Waals surface area contributed by atoms with Gasteiger partial charge in [0.05, 0.1) is 0 Å². The summed E-state index contributed by atoms with van der Waals surface area (Å²) in [5, 5.41) is 12.9. The zero-order valence-electron chi connectivity index (χ0n) is 12.6. The molecule has 3 aliphatic rings. The standard InChI is InChI=1S/C15H20N2O4S/c1-9-8-22-14-11(13(18)17(14)12(9)15(19)20)16-21-7-10-5-3-2-4-6-10/h10,14H,2-8H2,1H3,(H,19,20)/b16-11+/t14-/m1/s1. The van der Waals surface area contributed by atoms with Gasteiger partial charge in [0.2, 0.25) is 0 Å². The Kier molecular flexibility index (Phi) is 4.42. The average Bonchev–Trinajstić information content (AvgIpc) is 2.52. The van der Waals surface area contributed by atoms with Crippen LogP contribution < -0.4 is 0 Å². The lowest BCUT2D eigenvalue weighted by atomic mass is 9.90. The van der Waals surface area contributed by atoms with E-state index in [1.807, 2.05) is 0 Å². The number of carbonyl (C=O) groups excluding carboxylic acids is 1. The van der Waals surface area contributed by atoms with Gasteiger partial charge in [0, 0.05) is 5.75 Å². The molecule has 0 aromatic rings. The summed E-state index contributed by atoms with van der Waals surface area (Å²) < 4.78 is 0. The number of hydrogen-bond acceptors (Lipinski definition) is 5. The lowest BCUT2D eigenvalue weighted by Crippen LogP contribution is -2.62. The van der Waals surface area contributed by atoms with Crippen LogP contribution in [0.1, 0.15) is 39.0 Å². The second-order valence-electron chi connectivity index (χ2n) is 6.05. The van der Waals surface area contributed by atoms with Crippen LogP contribution in [0.2, 0.25) is 0 Å². The van der Waals surface area contributed by atoms with Crippen molar-refractivity contribution >= 4 is 29.4 Å². The molecule has 2 fully saturated rings. The van der Waals surface area contributed by atoms with E-state index in [9.17, 15) is 14.7 Å². The van der Waals surface area contributed by atoms with Gasteiger partial charge < -0.3 is 9.94 Å². The monoisotopic (exact) mass is 324 g/mol. The van der Waals surface area contributed by atoms with Crippen LogP contribution >= 0.6 is 11.8 Å². The molecule has 1 amide bonds. The van der Waals surface area contributed by atoms with Crippen LogP contribution in [0.15, 0.2) is 16.4 Å². The van der Waals surface area contributed by atoms with E-state index in [1.54, 1.807) is 6.92 Å². The SMILES string of the molecule is CC1=C(C(=O)O)N2C(=O)/C(=N\OCC3CCCCC3)[C@H]2SC1. The van der Waals surface area contributed by atoms with E-state index in [4.69, 9.17) is 4.84 Å². The van der Waals surface area contributed by atoms with Crippen molar-refractivity contribution < 1.29 is 19.5 Å². The summed E-state index contributed by atoms with van der Waals surface area (Å²) >= 11 is 1.51. The first kappa shape index (κ1) is 15.4. The van der Waals surface area contributed by atoms with Gasteiger partial charge >= 0.3 is 5.97 Å². The van der Waals surface area contributed by atoms with Crippen molar-refractivity contribution in [3.63, 3.8) is 0 Å². The first-order chi connectivity index (χ1) is 10.6. The quantitative estimate of drug-likeness (QED) is 0.633. The van der Waals surface area contributed by atoms with Crippen molar-refractivity contribution in [2.24, 2.45) is 11.1 Å². The highest BCUT2D eigenvalue weighted by Gasteiger charge is 2.51. The number of carbonyl (C=O) groups is 2. The summed E-state index contributed by atoms with van der Waals surface area (Å²) in [6.45, 7) is 2.30. The molecule has 3 rings (SSSR count). The molecule has 0 aromatic heterocycles. The van der Waals surface area contributed by atoms with Gasteiger partial charge in [0.1, 0.15) is 17.7 Å². The normalized spacial score (nSPS) is 27.7. The predicted octanol–water partition coefficient (Wildman–Crippen LogP) is 2.21. The fourth-order valence-electron chi connectivity index (χ4n) is 3.18. The highest BCUT2D eigenvalue weighted by molar-refractivity contribution is 8.01. The van der Waals surface area contributed by atoms with Crippen LogP contribution in [0.4, 0.5) is 0 Å². The molecular formula is C15H20N2O4S. The third kappa shape index (κ3) is 2.74. The molecular weight excluding hydrogens is 304 g/mol. The van der Waals surface area contributed by atoms with Gasteiger partial charge in [-0.2, -0.15) is 0 Å². The van der Waals surface area contributed by atoms with E-state index < -0.39 is 5.97 Å². The van der Waals surface area contributed by atoms with Crippen molar-refractivity contribution in [3.05, 3.63) is 11.3 Å². The molecule has 1 N–H and O–H groups in total. The molecule has 22 heavy (non-hydrogen) atoms. The van der Waals surface area contributed by atoms with E-state index in [2.05, 4.69) is 5.16 Å². The first-order valence-corrected chi connectivity index (χ1v) is 8.72. The highest BCUT2D eigenvalue weighted by atomic mass is 32.2. The van der Waals surface area contributed by atoms with E-state index in [1.165, 1.54) is 35.9 Å². The van der Waals surface area contributed by atoms with Gasteiger partial charge in [-0.25, -0.2) is 4.79 Å². The number of aliphatic carboxylic acids is 1. The Bertz CT molecular complexity index is 552. The molecule has 2 heterocycles. The average molecular weight is 324 g/mol. The number of oxime groups is 1. The molecule has 0 unspecified atom stereocenters. The van der Waals surface area contributed by atoms with Gasteiger partial charge in [0.15, 0.2) is 5.71 Å². The summed E-state index contributed by atoms with van der Waals surface area (Å²) in [6.07, 6.45) is 6.09. The number of carboxylic acid groups (broad SMARTS) is 1. The number of nitrogens with zero attached hydrogens (tertiary/aromatic N) is 2. The molecule has 6 nitrogen and oxygen atoms in total. The van der Waals surface area contributed by atoms with Gasteiger partial charge in [-0.05, 0) is 31.3 Å². The molecule has 0 bridgehead atoms. The Labute approximate surface area is 133 Å². The van der Waals surface area contributed by atoms with E-state index >= 15 is 0 Å². The van der Waals surface area contributed by atoms with E-state index in [-0.39, 0.29) is 17.0 Å². The minimum atomic E-state index is -1.06. The maximum atomic E-state index is 12.1. The van der Waals surface area contributed by atoms with Crippen molar-refractivity contribution in [1.82, 2.24) is 4.90 Å². The lowest BCUT2D eigenvalue weighted by Gasteiger charge is -2.43. The first-order valence-electron chi connectivity index (χ1n) is 7.67. The molecule has 2 aliphatic heterocycles. The zero-order valence-corrected chi connectivity index (χ0v) is 13.4. The van der Waals surface area contributed by atoms with Crippen LogP contribution in [-0.2, 0) is 14.4 Å². The third-order valence-electron chi connectivity index (χ3n) is 4.41. The van der Waals surface area contributed by atoms with Crippen molar-refractivity contribution in [1.29, 1.82) is 0 Å². The molecule has 0 aromatic carbocycles. The Morgan fingerprint density at radius 2 is 2.14 bits per heavy atom. The maximum Gasteiger partial charge on any atom is 0.352 e. The second kappa shape index (κ2) is 6.32. The van der Waals surface area contributed by atoms with Gasteiger partial charge in [-0.3, -0.25) is 9.69 Å². The minimum Gasteiger partial charge on any atom is -0.477 e. The number of rotatable bonds is 4. The van der Waals surface area contributed by atoms with Gasteiger partial charge in [-0.1, -0.05) is 24.4 Å². The van der Waals surface area contributed by atoms with Crippen molar-refractivity contribution in [2.75, 3.05) is 12.4 Å². The molecule has 0 spiro atoms. The Hall–Kier alpha value is -1.50. The number of thioether (sulfide) groups is 1. The lowest BCUT2D eigenvalue weighted by molar-refractivity contribution is -0.139. The van der Waals surface area contributed by atoms with E-state index in [0.717, 1.165) is 12.8 Å². The Balaban J connectivity index is 1.62. The molecule has 1 aliphatic carbocycles. The molecule has 1 saturated heterocycles. The smallest absolute Gasteiger partial charge is 0.352 e. The van der Waals surface area contributed by atoms with Crippen molar-refractivity contribution in [2.45, 2.75) is 44.4 Å². The van der Waals surface area contributed by atoms with E-state index in [0.29, 0.717) is 29.6 Å². The summed E-state index contributed by atoms with van der Waals surface area (Å²) in [5.74, 6) is -0.284. The van der Waals surface area contributed by atoms with Crippen LogP contribution in [0, 0.1) is 5.92 Å². The van der Waals surface area contributed by atoms with Crippen LogP contribution in [-0.4, -0.2) is 45.3 Å². The number of fused-ring (bicyclic) bond motifs is 1. The number of carboxylic acids is 1. The molecule has 0 radical (unpaired) electrons. The molecule has 1 saturated carbocycles. The fourth-order valence-corrected chi connectivity index (χ4v) is 4.37. The van der Waals surface area contributed by atoms with Crippen molar-refractivity contribution in [3.8, 4) is 0 Å². The summed E-state index contributed by atoms with van der Waals surface area (Å²) in [7, 11) is 0. The van der Waals surface area contributed by atoms with Crippen LogP contribution in [0.5, 0.6) is 0 Å². The number of hydrogen-bond donors (Lipinski definition) is 1. The highest BCUT2D eigenvalue weighted by Crippen LogP contribution is 2.38. The Morgan fingerprint density at radius 3 is 2.82 bits per heavy atom. The third-order valence-corrected chi connectivity index (χ3v) is 5.76. The summed E-state index contributed by atoms with van der Waals surface area (Å²) in [5.41, 5.74) is 1.15. The summed E-state index contributed by atoms with van der Waals surface area (Å²) in [4.78, 5) is 30.1. The predicted molar refractivity (Wildman–Crippen MR) is 83.4 cm³/mol. The number of β-lactam (4-membered cyclic amide) rings is 1. The fraction of sp³-hybridized carbons (Fsp3) is 0.667. The minimum absolute atomic E-state index is 0.0972. The Morgan fingerprint density at radius 1 is 1.41 bits per heavy atom. The second-order valence-corrected chi connectivity index (χ2v) is 7.12. The molecule has 120 valence electrons. The molecule has 7 heteroatoms. The van der Waals surface area contributed by atoms with Gasteiger partial charge in [0.25, 0.3) is 5.91 Å². The van der Waals surface area contributed by atoms with Gasteiger partial charge in [-0.15, -0.1) is 11.8 Å². The summed E-state index contributed by atoms with van der Waals surface area (Å²) in [6, 6.07) is 0. The number of amides is 1. The molecule has 1 atom stereocenters. The zero-order chi connectivity index (χ0) is 15.7. The topological polar surface area (TPSA) is 79.2 Å². The largest absolute Gasteiger partial charge is 0.477 e.